The van der Waals surface area contributed by atoms with Gasteiger partial charge >= 0.3 is 6.18 Å². The zero-order valence-electron chi connectivity index (χ0n) is 22.1. The van der Waals surface area contributed by atoms with Gasteiger partial charge in [0.25, 0.3) is 5.56 Å². The van der Waals surface area contributed by atoms with E-state index in [9.17, 15) is 27.2 Å². The number of carbonyl (C=O) groups is 1. The number of amides is 1. The van der Waals surface area contributed by atoms with Crippen LogP contribution in [0.2, 0.25) is 0 Å². The van der Waals surface area contributed by atoms with Gasteiger partial charge in [0, 0.05) is 19.4 Å². The van der Waals surface area contributed by atoms with Crippen LogP contribution in [0.1, 0.15) is 35.7 Å². The van der Waals surface area contributed by atoms with Gasteiger partial charge in [0.2, 0.25) is 5.91 Å². The Kier molecular flexibility index (Phi) is 7.44. The largest absolute Gasteiger partial charge is 0.416 e. The van der Waals surface area contributed by atoms with Crippen LogP contribution in [0.5, 0.6) is 0 Å². The molecule has 41 heavy (non-hydrogen) atoms. The summed E-state index contributed by atoms with van der Waals surface area (Å²) in [6.45, 7) is 1.75. The number of hydrogen-bond acceptors (Lipinski definition) is 4. The fourth-order valence-corrected chi connectivity index (χ4v) is 4.64. The number of aryl methyl sites for hydroxylation is 1. The summed E-state index contributed by atoms with van der Waals surface area (Å²) in [7, 11) is 1.77. The highest BCUT2D eigenvalue weighted by atomic mass is 19.4. The average Bonchev–Trinajstić information content (AvgIpc) is 3.35. The molecule has 1 amide bonds. The molecule has 0 fully saturated rings. The molecule has 210 valence electrons. The molecule has 0 spiro atoms. The maximum absolute atomic E-state index is 13.8. The molecule has 11 heteroatoms. The predicted octanol–water partition coefficient (Wildman–Crippen LogP) is 5.61. The highest BCUT2D eigenvalue weighted by Gasteiger charge is 2.31. The summed E-state index contributed by atoms with van der Waals surface area (Å²) in [5.41, 5.74) is -0.0253. The molecule has 0 N–H and O–H groups in total. The van der Waals surface area contributed by atoms with Crippen molar-refractivity contribution in [2.24, 2.45) is 7.05 Å². The number of benzene rings is 3. The quantitative estimate of drug-likeness (QED) is 0.242. The third-order valence-electron chi connectivity index (χ3n) is 6.92. The van der Waals surface area contributed by atoms with Gasteiger partial charge in [0.1, 0.15) is 17.5 Å². The van der Waals surface area contributed by atoms with Gasteiger partial charge in [-0.05, 0) is 61.0 Å². The Morgan fingerprint density at radius 1 is 1.00 bits per heavy atom. The molecule has 0 aliphatic heterocycles. The third kappa shape index (κ3) is 5.74. The van der Waals surface area contributed by atoms with E-state index >= 15 is 0 Å². The summed E-state index contributed by atoms with van der Waals surface area (Å²) in [6, 6.07) is 15.8. The first-order valence-electron chi connectivity index (χ1n) is 12.7. The van der Waals surface area contributed by atoms with E-state index in [2.05, 4.69) is 4.98 Å². The van der Waals surface area contributed by atoms with Gasteiger partial charge in [-0.3, -0.25) is 14.2 Å². The number of imidazole rings is 1. The number of hydrogen-bond donors (Lipinski definition) is 0. The highest BCUT2D eigenvalue weighted by Crippen LogP contribution is 2.30. The first kappa shape index (κ1) is 27.8. The molecule has 3 aromatic carbocycles. The minimum Gasteiger partial charge on any atom is -0.337 e. The first-order chi connectivity index (χ1) is 19.5. The van der Waals surface area contributed by atoms with Crippen LogP contribution >= 0.6 is 0 Å². The van der Waals surface area contributed by atoms with Crippen LogP contribution in [-0.2, 0) is 31.0 Å². The van der Waals surface area contributed by atoms with E-state index in [1.165, 1.54) is 45.9 Å². The molecule has 0 aliphatic carbocycles. The molecular weight excluding hydrogens is 538 g/mol. The van der Waals surface area contributed by atoms with E-state index in [0.29, 0.717) is 28.0 Å². The van der Waals surface area contributed by atoms with E-state index in [1.54, 1.807) is 55.2 Å². The minimum absolute atomic E-state index is 0.0379. The molecule has 5 aromatic rings. The SMILES string of the molecule is C[C@H](c1nc2ccccc2c(=O)n1-c1ccc(F)cc1)N(Cc1nccn1C)C(=O)Cc1ccc(C(F)(F)F)cc1. The van der Waals surface area contributed by atoms with E-state index < -0.39 is 35.1 Å². The van der Waals surface area contributed by atoms with Crippen molar-refractivity contribution in [1.82, 2.24) is 24.0 Å². The van der Waals surface area contributed by atoms with Gasteiger partial charge < -0.3 is 9.47 Å². The van der Waals surface area contributed by atoms with E-state index in [-0.39, 0.29) is 18.8 Å². The molecule has 5 rings (SSSR count). The zero-order valence-corrected chi connectivity index (χ0v) is 22.1. The second kappa shape index (κ2) is 11.0. The lowest BCUT2D eigenvalue weighted by molar-refractivity contribution is -0.137. The molecule has 0 unspecified atom stereocenters. The van der Waals surface area contributed by atoms with Crippen LogP contribution in [0.4, 0.5) is 17.6 Å². The Morgan fingerprint density at radius 2 is 1.68 bits per heavy atom. The van der Waals surface area contributed by atoms with Crippen molar-refractivity contribution in [2.45, 2.75) is 32.1 Å². The van der Waals surface area contributed by atoms with Gasteiger partial charge in [-0.1, -0.05) is 24.3 Å². The van der Waals surface area contributed by atoms with Crippen molar-refractivity contribution in [3.8, 4) is 5.69 Å². The van der Waals surface area contributed by atoms with E-state index in [1.807, 2.05) is 0 Å². The number of carbonyl (C=O) groups excluding carboxylic acids is 1. The Hall–Kier alpha value is -4.80. The van der Waals surface area contributed by atoms with Crippen molar-refractivity contribution in [1.29, 1.82) is 0 Å². The number of para-hydroxylation sites is 1. The van der Waals surface area contributed by atoms with Gasteiger partial charge in [0.15, 0.2) is 0 Å². The van der Waals surface area contributed by atoms with Gasteiger partial charge in [-0.15, -0.1) is 0 Å². The van der Waals surface area contributed by atoms with E-state index in [0.717, 1.165) is 12.1 Å². The molecule has 0 saturated heterocycles. The van der Waals surface area contributed by atoms with Crippen molar-refractivity contribution in [3.63, 3.8) is 0 Å². The molecular formula is C30H25F4N5O2. The lowest BCUT2D eigenvalue weighted by Gasteiger charge is -2.30. The number of nitrogens with zero attached hydrogens (tertiary/aromatic N) is 5. The molecule has 7 nitrogen and oxygen atoms in total. The van der Waals surface area contributed by atoms with Crippen molar-refractivity contribution in [2.75, 3.05) is 0 Å². The van der Waals surface area contributed by atoms with Crippen LogP contribution in [0.15, 0.2) is 90.0 Å². The van der Waals surface area contributed by atoms with Crippen LogP contribution < -0.4 is 5.56 Å². The van der Waals surface area contributed by atoms with Crippen molar-refractivity contribution >= 4 is 16.8 Å². The summed E-state index contributed by atoms with van der Waals surface area (Å²) in [5.74, 6) is -0.106. The Labute approximate surface area is 232 Å². The first-order valence-corrected chi connectivity index (χ1v) is 12.7. The molecule has 0 aliphatic rings. The summed E-state index contributed by atoms with van der Waals surface area (Å²) in [5, 5.41) is 0.347. The molecule has 0 bridgehead atoms. The van der Waals surface area contributed by atoms with Crippen LogP contribution in [-0.4, -0.2) is 29.9 Å². The predicted molar refractivity (Wildman–Crippen MR) is 145 cm³/mol. The Morgan fingerprint density at radius 3 is 2.32 bits per heavy atom. The van der Waals surface area contributed by atoms with Crippen molar-refractivity contribution in [3.05, 3.63) is 124 Å². The fourth-order valence-electron chi connectivity index (χ4n) is 4.64. The monoisotopic (exact) mass is 563 g/mol. The maximum Gasteiger partial charge on any atom is 0.416 e. The number of alkyl halides is 3. The van der Waals surface area contributed by atoms with Crippen LogP contribution in [0.25, 0.3) is 16.6 Å². The van der Waals surface area contributed by atoms with Gasteiger partial charge in [-0.2, -0.15) is 13.2 Å². The molecule has 1 atom stereocenters. The van der Waals surface area contributed by atoms with Crippen molar-refractivity contribution < 1.29 is 22.4 Å². The Balaban J connectivity index is 1.60. The Bertz CT molecular complexity index is 1760. The van der Waals surface area contributed by atoms with E-state index in [4.69, 9.17) is 4.98 Å². The maximum atomic E-state index is 13.8. The zero-order chi connectivity index (χ0) is 29.3. The third-order valence-corrected chi connectivity index (χ3v) is 6.92. The molecule has 0 radical (unpaired) electrons. The highest BCUT2D eigenvalue weighted by molar-refractivity contribution is 5.80. The van der Waals surface area contributed by atoms with Gasteiger partial charge in [0.05, 0.1) is 41.2 Å². The topological polar surface area (TPSA) is 73.0 Å². The normalized spacial score (nSPS) is 12.4. The minimum atomic E-state index is -4.49. The summed E-state index contributed by atoms with van der Waals surface area (Å²) in [6.07, 6.45) is -1.38. The van der Waals surface area contributed by atoms with Gasteiger partial charge in [-0.25, -0.2) is 14.4 Å². The number of fused-ring (bicyclic) bond motifs is 1. The van der Waals surface area contributed by atoms with Crippen LogP contribution in [0.3, 0.4) is 0 Å². The standard InChI is InChI=1S/C30H25F4N5O2/c1-19(28-36-25-6-4-3-5-24(25)29(41)39(28)23-13-11-22(31)12-14-23)38(18-26-35-15-16-37(26)2)27(40)17-20-7-9-21(10-8-20)30(32,33)34/h3-16,19H,17-18H2,1-2H3/t19-/m1/s1. The average molecular weight is 564 g/mol. The summed E-state index contributed by atoms with van der Waals surface area (Å²) < 4.78 is 56.0. The lowest BCUT2D eigenvalue weighted by atomic mass is 10.1. The number of aromatic nitrogens is 4. The van der Waals surface area contributed by atoms with Crippen LogP contribution in [0, 0.1) is 5.82 Å². The second-order valence-electron chi connectivity index (χ2n) is 9.63. The smallest absolute Gasteiger partial charge is 0.337 e. The number of halogens is 4. The second-order valence-corrected chi connectivity index (χ2v) is 9.63. The molecule has 2 aromatic heterocycles. The fraction of sp³-hybridized carbons (Fsp3) is 0.200. The summed E-state index contributed by atoms with van der Waals surface area (Å²) >= 11 is 0. The lowest BCUT2D eigenvalue weighted by Crippen LogP contribution is -2.38. The molecule has 2 heterocycles. The molecule has 0 saturated carbocycles. The number of rotatable bonds is 7. The summed E-state index contributed by atoms with van der Waals surface area (Å²) in [4.78, 5) is 38.1.